The normalized spacial score (nSPS) is 31.7. The van der Waals surface area contributed by atoms with Gasteiger partial charge >= 0.3 is 17.9 Å². The molecule has 5 heteroatoms. The highest BCUT2D eigenvalue weighted by atomic mass is 16.6. The zero-order valence-corrected chi connectivity index (χ0v) is 11.2. The van der Waals surface area contributed by atoms with Crippen LogP contribution in [-0.4, -0.2) is 25.0 Å². The average molecular weight is 284 g/mol. The Morgan fingerprint density at radius 1 is 1.10 bits per heavy atom. The molecule has 0 aromatic heterocycles. The summed E-state index contributed by atoms with van der Waals surface area (Å²) < 4.78 is 9.64. The summed E-state index contributed by atoms with van der Waals surface area (Å²) in [5, 5.41) is 0. The minimum atomic E-state index is -0.522. The Hall–Kier alpha value is -2.43. The molecule has 4 atom stereocenters. The second kappa shape index (κ2) is 4.04. The van der Waals surface area contributed by atoms with E-state index in [1.165, 1.54) is 7.11 Å². The van der Waals surface area contributed by atoms with Gasteiger partial charge in [-0.1, -0.05) is 24.3 Å². The van der Waals surface area contributed by atoms with Gasteiger partial charge in [0.15, 0.2) is 0 Å². The molecule has 2 bridgehead atoms. The summed E-state index contributed by atoms with van der Waals surface area (Å²) in [6.07, 6.45) is 3.84. The fourth-order valence-electron chi connectivity index (χ4n) is 3.85. The van der Waals surface area contributed by atoms with Gasteiger partial charge in [-0.25, -0.2) is 4.79 Å². The van der Waals surface area contributed by atoms with Crippen LogP contribution in [0.15, 0.2) is 30.4 Å². The van der Waals surface area contributed by atoms with E-state index < -0.39 is 29.7 Å². The largest absolute Gasteiger partial charge is 0.465 e. The molecule has 5 rings (SSSR count). The summed E-state index contributed by atoms with van der Waals surface area (Å²) in [7, 11) is 1.33. The van der Waals surface area contributed by atoms with Gasteiger partial charge in [0.2, 0.25) is 0 Å². The molecule has 0 radical (unpaired) electrons. The quantitative estimate of drug-likeness (QED) is 0.444. The standard InChI is InChI=1S/C16H12O5/c1-20-14(17)10-4-2-3-7-8-5-6-9(11(7)10)13-12(8)15(18)21-16(13)19/h2-6,8-9,12-13H,1H3/t8-,9-,12+,13-/m1/s1. The summed E-state index contributed by atoms with van der Waals surface area (Å²) in [6, 6.07) is 5.36. The lowest BCUT2D eigenvalue weighted by Crippen LogP contribution is -2.38. The second-order valence-corrected chi connectivity index (χ2v) is 5.53. The Morgan fingerprint density at radius 2 is 1.76 bits per heavy atom. The van der Waals surface area contributed by atoms with E-state index in [2.05, 4.69) is 0 Å². The van der Waals surface area contributed by atoms with Crippen molar-refractivity contribution in [3.63, 3.8) is 0 Å². The first kappa shape index (κ1) is 12.3. The maximum absolute atomic E-state index is 12.0. The van der Waals surface area contributed by atoms with Crippen molar-refractivity contribution in [3.8, 4) is 0 Å². The lowest BCUT2D eigenvalue weighted by Gasteiger charge is -2.40. The van der Waals surface area contributed by atoms with Gasteiger partial charge in [0.05, 0.1) is 24.5 Å². The van der Waals surface area contributed by atoms with E-state index in [9.17, 15) is 14.4 Å². The first-order valence-corrected chi connectivity index (χ1v) is 6.78. The minimum absolute atomic E-state index is 0.210. The summed E-state index contributed by atoms with van der Waals surface area (Å²) >= 11 is 0. The Labute approximate surface area is 120 Å². The minimum Gasteiger partial charge on any atom is -0.465 e. The highest BCUT2D eigenvalue weighted by molar-refractivity contribution is 6.00. The van der Waals surface area contributed by atoms with Crippen LogP contribution in [0.5, 0.6) is 0 Å². The van der Waals surface area contributed by atoms with Crippen LogP contribution in [0.3, 0.4) is 0 Å². The van der Waals surface area contributed by atoms with Gasteiger partial charge in [-0.2, -0.15) is 0 Å². The summed E-state index contributed by atoms with van der Waals surface area (Å²) in [4.78, 5) is 35.9. The van der Waals surface area contributed by atoms with Crippen LogP contribution in [0.25, 0.3) is 0 Å². The Bertz CT molecular complexity index is 717. The molecule has 1 saturated heterocycles. The van der Waals surface area contributed by atoms with Gasteiger partial charge in [-0.3, -0.25) is 9.59 Å². The number of cyclic esters (lactones) is 2. The third-order valence-electron chi connectivity index (χ3n) is 4.67. The molecule has 1 aromatic rings. The lowest BCUT2D eigenvalue weighted by molar-refractivity contribution is -0.153. The molecule has 4 aliphatic rings. The van der Waals surface area contributed by atoms with Crippen molar-refractivity contribution >= 4 is 17.9 Å². The molecule has 5 nitrogen and oxygen atoms in total. The first-order chi connectivity index (χ1) is 10.1. The predicted molar refractivity (Wildman–Crippen MR) is 70.5 cm³/mol. The van der Waals surface area contributed by atoms with Crippen LogP contribution >= 0.6 is 0 Å². The van der Waals surface area contributed by atoms with E-state index in [4.69, 9.17) is 9.47 Å². The van der Waals surface area contributed by atoms with Gasteiger partial charge in [-0.05, 0) is 17.2 Å². The van der Waals surface area contributed by atoms with E-state index in [0.717, 1.165) is 11.1 Å². The number of hydrogen-bond donors (Lipinski definition) is 0. The number of methoxy groups -OCH3 is 1. The Kier molecular flexibility index (Phi) is 2.37. The molecule has 21 heavy (non-hydrogen) atoms. The van der Waals surface area contributed by atoms with Crippen LogP contribution in [0, 0.1) is 11.8 Å². The Morgan fingerprint density at radius 3 is 2.48 bits per heavy atom. The maximum atomic E-state index is 12.0. The van der Waals surface area contributed by atoms with Gasteiger partial charge in [0, 0.05) is 11.8 Å². The molecular weight excluding hydrogens is 272 g/mol. The van der Waals surface area contributed by atoms with Crippen molar-refractivity contribution < 1.29 is 23.9 Å². The van der Waals surface area contributed by atoms with Crippen molar-refractivity contribution in [1.82, 2.24) is 0 Å². The van der Waals surface area contributed by atoms with E-state index in [1.54, 1.807) is 12.1 Å². The summed E-state index contributed by atoms with van der Waals surface area (Å²) in [6.45, 7) is 0. The number of allylic oxidation sites excluding steroid dienone is 2. The molecular formula is C16H12O5. The molecule has 1 aliphatic heterocycles. The Balaban J connectivity index is 1.95. The maximum Gasteiger partial charge on any atom is 0.338 e. The van der Waals surface area contributed by atoms with Crippen LogP contribution < -0.4 is 0 Å². The third kappa shape index (κ3) is 1.43. The number of carbonyl (C=O) groups is 3. The predicted octanol–water partition coefficient (Wildman–Crippen LogP) is 1.54. The smallest absolute Gasteiger partial charge is 0.338 e. The highest BCUT2D eigenvalue weighted by Crippen LogP contribution is 2.55. The fraction of sp³-hybridized carbons (Fsp3) is 0.312. The topological polar surface area (TPSA) is 69.7 Å². The third-order valence-corrected chi connectivity index (χ3v) is 4.67. The molecule has 0 amide bonds. The highest BCUT2D eigenvalue weighted by Gasteiger charge is 2.57. The van der Waals surface area contributed by atoms with Crippen molar-refractivity contribution in [2.24, 2.45) is 11.8 Å². The number of benzene rings is 1. The molecule has 0 spiro atoms. The monoisotopic (exact) mass is 284 g/mol. The van der Waals surface area contributed by atoms with Crippen molar-refractivity contribution in [3.05, 3.63) is 47.0 Å². The molecule has 1 fully saturated rings. The molecule has 0 saturated carbocycles. The van der Waals surface area contributed by atoms with Crippen molar-refractivity contribution in [1.29, 1.82) is 0 Å². The number of carbonyl (C=O) groups excluding carboxylic acids is 3. The van der Waals surface area contributed by atoms with Crippen molar-refractivity contribution in [2.45, 2.75) is 11.8 Å². The molecule has 1 heterocycles. The van der Waals surface area contributed by atoms with E-state index in [1.807, 2.05) is 18.2 Å². The van der Waals surface area contributed by atoms with Crippen LogP contribution in [0.1, 0.15) is 33.3 Å². The average Bonchev–Trinajstić information content (AvgIpc) is 2.83. The number of ether oxygens (including phenoxy) is 2. The SMILES string of the molecule is COC(=O)c1cccc2c1[C@H]1C=C[C@H]2[C@@H]2C(=O)OC(=O)[C@@H]21. The van der Waals surface area contributed by atoms with E-state index in [-0.39, 0.29) is 11.8 Å². The number of rotatable bonds is 1. The van der Waals surface area contributed by atoms with Gasteiger partial charge in [0.1, 0.15) is 0 Å². The summed E-state index contributed by atoms with van der Waals surface area (Å²) in [5.41, 5.74) is 2.17. The molecule has 3 aliphatic carbocycles. The molecule has 0 N–H and O–H groups in total. The first-order valence-electron chi connectivity index (χ1n) is 6.78. The van der Waals surface area contributed by atoms with Gasteiger partial charge in [0.25, 0.3) is 0 Å². The number of esters is 3. The lowest BCUT2D eigenvalue weighted by atomic mass is 9.60. The van der Waals surface area contributed by atoms with E-state index >= 15 is 0 Å². The van der Waals surface area contributed by atoms with Gasteiger partial charge < -0.3 is 9.47 Å². The molecule has 1 aromatic carbocycles. The summed E-state index contributed by atoms with van der Waals surface area (Å²) in [5.74, 6) is -2.88. The van der Waals surface area contributed by atoms with Crippen molar-refractivity contribution in [2.75, 3.05) is 7.11 Å². The number of hydrogen-bond acceptors (Lipinski definition) is 5. The zero-order chi connectivity index (χ0) is 14.7. The second-order valence-electron chi connectivity index (χ2n) is 5.53. The molecule has 106 valence electrons. The van der Waals surface area contributed by atoms with E-state index in [0.29, 0.717) is 5.56 Å². The van der Waals surface area contributed by atoms with Crippen LogP contribution in [-0.2, 0) is 19.1 Å². The van der Waals surface area contributed by atoms with Crippen LogP contribution in [0.4, 0.5) is 0 Å². The fourth-order valence-corrected chi connectivity index (χ4v) is 3.85. The van der Waals surface area contributed by atoms with Gasteiger partial charge in [-0.15, -0.1) is 0 Å². The molecule has 0 unspecified atom stereocenters. The van der Waals surface area contributed by atoms with Crippen LogP contribution in [0.2, 0.25) is 0 Å². The zero-order valence-electron chi connectivity index (χ0n) is 11.2.